The summed E-state index contributed by atoms with van der Waals surface area (Å²) < 4.78 is 5.49. The number of hydrogen-bond acceptors (Lipinski definition) is 6. The smallest absolute Gasteiger partial charge is 0.306 e. The monoisotopic (exact) mass is 402 g/mol. The molecule has 7 heteroatoms. The zero-order chi connectivity index (χ0) is 19.0. The van der Waals surface area contributed by atoms with Gasteiger partial charge >= 0.3 is 5.97 Å². The highest BCUT2D eigenvalue weighted by Gasteiger charge is 2.24. The molecule has 0 unspecified atom stereocenters. The lowest BCUT2D eigenvalue weighted by atomic mass is 9.89. The van der Waals surface area contributed by atoms with Gasteiger partial charge in [0.25, 0.3) is 5.56 Å². The molecule has 1 N–H and O–H groups in total. The first-order valence-corrected chi connectivity index (χ1v) is 11.0. The molecule has 0 aliphatic heterocycles. The van der Waals surface area contributed by atoms with Gasteiger partial charge in [-0.2, -0.15) is 11.3 Å². The quantitative estimate of drug-likeness (QED) is 0.642. The summed E-state index contributed by atoms with van der Waals surface area (Å²) in [5.74, 6) is 0.783. The minimum atomic E-state index is -0.574. The standard InChI is InChI=1S/C20H22N2O3S2/c1-11-3-5-14-15(9-11)27-20-17(14)19(24)21-18(22-20)12(2)25-16(23)6-4-13-7-8-26-10-13/h7-8,10-12H,3-6,9H2,1-2H3,(H,21,22,24)/t11-,12-/m0/s1. The number of nitrogens with one attached hydrogen (secondary N) is 1. The van der Waals surface area contributed by atoms with Crippen LogP contribution in [0, 0.1) is 5.92 Å². The number of fused-ring (bicyclic) bond motifs is 3. The second-order valence-corrected chi connectivity index (χ2v) is 9.11. The number of hydrogen-bond donors (Lipinski definition) is 1. The van der Waals surface area contributed by atoms with Crippen molar-refractivity contribution in [2.75, 3.05) is 0 Å². The highest BCUT2D eigenvalue weighted by molar-refractivity contribution is 7.18. The minimum Gasteiger partial charge on any atom is -0.454 e. The maximum absolute atomic E-state index is 12.7. The average molecular weight is 403 g/mol. The second-order valence-electron chi connectivity index (χ2n) is 7.25. The Kier molecular flexibility index (Phi) is 5.14. The number of aryl methyl sites for hydroxylation is 2. The maximum Gasteiger partial charge on any atom is 0.306 e. The summed E-state index contributed by atoms with van der Waals surface area (Å²) in [6, 6.07) is 2.01. The molecule has 5 nitrogen and oxygen atoms in total. The summed E-state index contributed by atoms with van der Waals surface area (Å²) in [4.78, 5) is 34.3. The lowest BCUT2D eigenvalue weighted by Crippen LogP contribution is -2.18. The van der Waals surface area contributed by atoms with Crippen molar-refractivity contribution < 1.29 is 9.53 Å². The highest BCUT2D eigenvalue weighted by atomic mass is 32.1. The number of carbonyl (C=O) groups is 1. The fraction of sp³-hybridized carbons (Fsp3) is 0.450. The summed E-state index contributed by atoms with van der Waals surface area (Å²) in [5.41, 5.74) is 2.17. The molecule has 0 spiro atoms. The molecule has 0 amide bonds. The van der Waals surface area contributed by atoms with Gasteiger partial charge in [0.2, 0.25) is 0 Å². The van der Waals surface area contributed by atoms with E-state index in [4.69, 9.17) is 4.74 Å². The number of nitrogens with zero attached hydrogens (tertiary/aromatic N) is 1. The number of rotatable bonds is 5. The van der Waals surface area contributed by atoms with Crippen LogP contribution in [0.25, 0.3) is 10.2 Å². The van der Waals surface area contributed by atoms with Crippen molar-refractivity contribution in [3.63, 3.8) is 0 Å². The van der Waals surface area contributed by atoms with E-state index in [-0.39, 0.29) is 11.5 Å². The molecule has 3 aromatic rings. The van der Waals surface area contributed by atoms with E-state index in [9.17, 15) is 9.59 Å². The zero-order valence-corrected chi connectivity index (χ0v) is 17.0. The molecule has 0 aromatic carbocycles. The van der Waals surface area contributed by atoms with Crippen molar-refractivity contribution in [3.05, 3.63) is 49.0 Å². The van der Waals surface area contributed by atoms with Crippen LogP contribution in [0.15, 0.2) is 21.6 Å². The van der Waals surface area contributed by atoms with Crippen LogP contribution in [0.5, 0.6) is 0 Å². The number of aromatic amines is 1. The minimum absolute atomic E-state index is 0.122. The molecule has 0 saturated carbocycles. The van der Waals surface area contributed by atoms with E-state index < -0.39 is 6.10 Å². The molecule has 2 atom stereocenters. The zero-order valence-electron chi connectivity index (χ0n) is 15.4. The number of ether oxygens (including phenoxy) is 1. The van der Waals surface area contributed by atoms with Crippen LogP contribution < -0.4 is 5.56 Å². The van der Waals surface area contributed by atoms with Gasteiger partial charge in [-0.3, -0.25) is 9.59 Å². The molecule has 142 valence electrons. The Hall–Kier alpha value is -1.99. The molecule has 4 rings (SSSR count). The molecule has 0 saturated heterocycles. The average Bonchev–Trinajstić information content (AvgIpc) is 3.26. The molecule has 3 aromatic heterocycles. The molecule has 3 heterocycles. The van der Waals surface area contributed by atoms with E-state index >= 15 is 0 Å². The van der Waals surface area contributed by atoms with Crippen LogP contribution >= 0.6 is 22.7 Å². The number of thiophene rings is 2. The van der Waals surface area contributed by atoms with Gasteiger partial charge in [0, 0.05) is 11.3 Å². The number of carbonyl (C=O) groups excluding carboxylic acids is 1. The highest BCUT2D eigenvalue weighted by Crippen LogP contribution is 2.35. The summed E-state index contributed by atoms with van der Waals surface area (Å²) in [6.07, 6.45) is 3.46. The van der Waals surface area contributed by atoms with E-state index in [0.29, 0.717) is 24.6 Å². The van der Waals surface area contributed by atoms with Crippen molar-refractivity contribution in [2.45, 2.75) is 52.1 Å². The Labute approximate surface area is 165 Å². The van der Waals surface area contributed by atoms with Gasteiger partial charge in [-0.1, -0.05) is 6.92 Å². The maximum atomic E-state index is 12.7. The van der Waals surface area contributed by atoms with E-state index in [1.165, 1.54) is 4.88 Å². The molecule has 0 bridgehead atoms. The molecular formula is C20H22N2O3S2. The van der Waals surface area contributed by atoms with Gasteiger partial charge in [0.05, 0.1) is 5.39 Å². The topological polar surface area (TPSA) is 72.0 Å². The molecule has 1 aliphatic rings. The predicted molar refractivity (Wildman–Crippen MR) is 109 cm³/mol. The predicted octanol–water partition coefficient (Wildman–Crippen LogP) is 4.41. The van der Waals surface area contributed by atoms with Crippen LogP contribution in [0.1, 0.15) is 54.6 Å². The first-order valence-electron chi connectivity index (χ1n) is 9.26. The third kappa shape index (κ3) is 3.84. The Morgan fingerprint density at radius 2 is 2.33 bits per heavy atom. The normalized spacial score (nSPS) is 17.6. The van der Waals surface area contributed by atoms with Crippen molar-refractivity contribution in [2.24, 2.45) is 5.92 Å². The SMILES string of the molecule is C[C@H]1CCc2c(sc3nc([C@H](C)OC(=O)CCc4ccsc4)[nH]c(=O)c23)C1. The van der Waals surface area contributed by atoms with Crippen LogP contribution in [0.4, 0.5) is 0 Å². The fourth-order valence-electron chi connectivity index (χ4n) is 3.55. The molecule has 0 fully saturated rings. The van der Waals surface area contributed by atoms with Crippen molar-refractivity contribution in [1.29, 1.82) is 0 Å². The van der Waals surface area contributed by atoms with Crippen LogP contribution in [-0.2, 0) is 28.8 Å². The van der Waals surface area contributed by atoms with Crippen molar-refractivity contribution >= 4 is 38.9 Å². The molecule has 0 radical (unpaired) electrons. The summed E-state index contributed by atoms with van der Waals surface area (Å²) in [6.45, 7) is 4.00. The fourth-order valence-corrected chi connectivity index (χ4v) is 5.64. The number of esters is 1. The van der Waals surface area contributed by atoms with Crippen molar-refractivity contribution in [3.8, 4) is 0 Å². The van der Waals surface area contributed by atoms with Gasteiger partial charge < -0.3 is 9.72 Å². The van der Waals surface area contributed by atoms with E-state index in [0.717, 1.165) is 40.6 Å². The van der Waals surface area contributed by atoms with Gasteiger partial charge in [-0.05, 0) is 66.5 Å². The summed E-state index contributed by atoms with van der Waals surface area (Å²) >= 11 is 3.22. The van der Waals surface area contributed by atoms with Gasteiger partial charge in [0.15, 0.2) is 11.9 Å². The van der Waals surface area contributed by atoms with Gasteiger partial charge in [-0.25, -0.2) is 4.98 Å². The third-order valence-corrected chi connectivity index (χ3v) is 6.96. The lowest BCUT2D eigenvalue weighted by Gasteiger charge is -2.17. The van der Waals surface area contributed by atoms with E-state index in [1.54, 1.807) is 29.6 Å². The Morgan fingerprint density at radius 1 is 1.48 bits per heavy atom. The van der Waals surface area contributed by atoms with Crippen LogP contribution in [0.3, 0.4) is 0 Å². The van der Waals surface area contributed by atoms with Gasteiger partial charge in [-0.15, -0.1) is 11.3 Å². The van der Waals surface area contributed by atoms with Crippen molar-refractivity contribution in [1.82, 2.24) is 9.97 Å². The van der Waals surface area contributed by atoms with Crippen LogP contribution in [-0.4, -0.2) is 15.9 Å². The Balaban J connectivity index is 1.51. The van der Waals surface area contributed by atoms with E-state index in [1.807, 2.05) is 16.8 Å². The lowest BCUT2D eigenvalue weighted by molar-refractivity contribution is -0.148. The molecular weight excluding hydrogens is 380 g/mol. The summed E-state index contributed by atoms with van der Waals surface area (Å²) in [7, 11) is 0. The van der Waals surface area contributed by atoms with E-state index in [2.05, 4.69) is 16.9 Å². The largest absolute Gasteiger partial charge is 0.454 e. The Morgan fingerprint density at radius 3 is 3.11 bits per heavy atom. The first-order chi connectivity index (χ1) is 13.0. The number of aromatic nitrogens is 2. The van der Waals surface area contributed by atoms with Crippen LogP contribution in [0.2, 0.25) is 0 Å². The summed E-state index contributed by atoms with van der Waals surface area (Å²) in [5, 5.41) is 4.75. The Bertz CT molecular complexity index is 1020. The third-order valence-electron chi connectivity index (χ3n) is 5.07. The van der Waals surface area contributed by atoms with Gasteiger partial charge in [0.1, 0.15) is 4.83 Å². The number of H-pyrrole nitrogens is 1. The molecule has 1 aliphatic carbocycles. The molecule has 27 heavy (non-hydrogen) atoms. The first kappa shape index (κ1) is 18.4. The second kappa shape index (κ2) is 7.56.